The van der Waals surface area contributed by atoms with Gasteiger partial charge >= 0.3 is 0 Å². The highest BCUT2D eigenvalue weighted by atomic mass is 16.5. The molecule has 5 rings (SSSR count). The van der Waals surface area contributed by atoms with Gasteiger partial charge in [-0.2, -0.15) is 0 Å². The minimum atomic E-state index is -0.644. The van der Waals surface area contributed by atoms with Crippen LogP contribution in [0.1, 0.15) is 36.0 Å². The number of fused-ring (bicyclic) bond motifs is 3. The largest absolute Gasteiger partial charge is 0.467 e. The van der Waals surface area contributed by atoms with Gasteiger partial charge < -0.3 is 20.3 Å². The fourth-order valence-electron chi connectivity index (χ4n) is 4.81. The van der Waals surface area contributed by atoms with Gasteiger partial charge in [0.15, 0.2) is 5.72 Å². The molecule has 140 valence electrons. The molecule has 6 nitrogen and oxygen atoms in total. The molecule has 0 aromatic heterocycles. The van der Waals surface area contributed by atoms with Crippen LogP contribution in [0.3, 0.4) is 0 Å². The fraction of sp³-hybridized carbons (Fsp3) is 0.600. The zero-order valence-corrected chi connectivity index (χ0v) is 15.5. The van der Waals surface area contributed by atoms with E-state index in [-0.39, 0.29) is 29.6 Å². The predicted molar refractivity (Wildman–Crippen MR) is 97.8 cm³/mol. The first-order valence-electron chi connectivity index (χ1n) is 9.51. The van der Waals surface area contributed by atoms with Crippen LogP contribution in [0.15, 0.2) is 24.3 Å². The summed E-state index contributed by atoms with van der Waals surface area (Å²) < 4.78 is 6.34. The number of rotatable bonds is 4. The van der Waals surface area contributed by atoms with Gasteiger partial charge in [-0.15, -0.1) is 0 Å². The van der Waals surface area contributed by atoms with Crippen LogP contribution in [0.5, 0.6) is 5.75 Å². The van der Waals surface area contributed by atoms with Crippen LogP contribution in [0, 0.1) is 17.8 Å². The van der Waals surface area contributed by atoms with Gasteiger partial charge in [0, 0.05) is 31.3 Å². The Bertz CT molecular complexity index is 720. The van der Waals surface area contributed by atoms with E-state index in [4.69, 9.17) is 4.74 Å². The number of amides is 2. The molecule has 0 unspecified atom stereocenters. The maximum Gasteiger partial charge on any atom is 0.258 e. The Morgan fingerprint density at radius 1 is 1.35 bits per heavy atom. The quantitative estimate of drug-likeness (QED) is 0.859. The van der Waals surface area contributed by atoms with E-state index in [2.05, 4.69) is 15.5 Å². The van der Waals surface area contributed by atoms with Gasteiger partial charge in [-0.05, 0) is 51.4 Å². The van der Waals surface area contributed by atoms with Crippen LogP contribution in [-0.2, 0) is 4.79 Å². The van der Waals surface area contributed by atoms with Crippen LogP contribution in [0.25, 0.3) is 0 Å². The Balaban J connectivity index is 1.47. The SMILES string of the molecule is CN(C)CCNC(=O)[C@@H]1C[C@H]2CC[C@H]1C[C@@]21NC(=O)c2ccccc2O1. The van der Waals surface area contributed by atoms with Crippen molar-refractivity contribution in [2.75, 3.05) is 27.2 Å². The van der Waals surface area contributed by atoms with Crippen molar-refractivity contribution in [3.05, 3.63) is 29.8 Å². The van der Waals surface area contributed by atoms with Crippen molar-refractivity contribution in [1.29, 1.82) is 0 Å². The molecule has 2 amide bonds. The second kappa shape index (κ2) is 6.58. The molecule has 2 N–H and O–H groups in total. The lowest BCUT2D eigenvalue weighted by Crippen LogP contribution is -2.67. The van der Waals surface area contributed by atoms with Gasteiger partial charge in [-0.3, -0.25) is 9.59 Å². The van der Waals surface area contributed by atoms with Gasteiger partial charge in [-0.25, -0.2) is 0 Å². The maximum atomic E-state index is 12.6. The number of ether oxygens (including phenoxy) is 1. The van der Waals surface area contributed by atoms with Crippen molar-refractivity contribution in [3.8, 4) is 5.75 Å². The third kappa shape index (κ3) is 2.96. The number of hydrogen-bond donors (Lipinski definition) is 2. The van der Waals surface area contributed by atoms with E-state index in [1.54, 1.807) is 6.07 Å². The number of hydrogen-bond acceptors (Lipinski definition) is 4. The average Bonchev–Trinajstić information content (AvgIpc) is 2.61. The zero-order valence-electron chi connectivity index (χ0n) is 15.5. The van der Waals surface area contributed by atoms with E-state index < -0.39 is 5.72 Å². The first-order chi connectivity index (χ1) is 12.5. The number of para-hydroxylation sites is 1. The summed E-state index contributed by atoms with van der Waals surface area (Å²) in [5.74, 6) is 1.21. The first-order valence-corrected chi connectivity index (χ1v) is 9.51. The molecule has 2 bridgehead atoms. The molecular weight excluding hydrogens is 330 g/mol. The summed E-state index contributed by atoms with van der Waals surface area (Å²) in [4.78, 5) is 27.3. The van der Waals surface area contributed by atoms with E-state index in [0.29, 0.717) is 24.3 Å². The minimum Gasteiger partial charge on any atom is -0.467 e. The topological polar surface area (TPSA) is 70.7 Å². The van der Waals surface area contributed by atoms with E-state index in [0.717, 1.165) is 25.8 Å². The highest BCUT2D eigenvalue weighted by Gasteiger charge is 2.57. The lowest BCUT2D eigenvalue weighted by atomic mass is 9.60. The van der Waals surface area contributed by atoms with Crippen LogP contribution in [0.2, 0.25) is 0 Å². The molecule has 0 radical (unpaired) electrons. The normalized spacial score (nSPS) is 32.1. The summed E-state index contributed by atoms with van der Waals surface area (Å²) in [5.41, 5.74) is -0.0491. The lowest BCUT2D eigenvalue weighted by Gasteiger charge is -2.55. The minimum absolute atomic E-state index is 0.0270. The third-order valence-corrected chi connectivity index (χ3v) is 6.16. The number of nitrogens with zero attached hydrogens (tertiary/aromatic N) is 1. The van der Waals surface area contributed by atoms with Crippen LogP contribution < -0.4 is 15.4 Å². The summed E-state index contributed by atoms with van der Waals surface area (Å²) in [6.45, 7) is 1.51. The van der Waals surface area contributed by atoms with Gasteiger partial charge in [0.2, 0.25) is 5.91 Å². The monoisotopic (exact) mass is 357 g/mol. The molecule has 4 aliphatic rings. The molecule has 6 heteroatoms. The lowest BCUT2D eigenvalue weighted by molar-refractivity contribution is -0.146. The second-order valence-corrected chi connectivity index (χ2v) is 8.12. The van der Waals surface area contributed by atoms with Crippen molar-refractivity contribution in [1.82, 2.24) is 15.5 Å². The molecule has 26 heavy (non-hydrogen) atoms. The molecule has 1 heterocycles. The summed E-state index contributed by atoms with van der Waals surface area (Å²) in [6, 6.07) is 7.40. The summed E-state index contributed by atoms with van der Waals surface area (Å²) in [7, 11) is 4.00. The fourth-order valence-corrected chi connectivity index (χ4v) is 4.81. The van der Waals surface area contributed by atoms with Crippen molar-refractivity contribution < 1.29 is 14.3 Å². The molecule has 1 aromatic rings. The number of nitrogens with one attached hydrogen (secondary N) is 2. The molecule has 4 atom stereocenters. The number of carbonyl (C=O) groups is 2. The average molecular weight is 357 g/mol. The molecule has 1 aromatic carbocycles. The van der Waals surface area contributed by atoms with E-state index in [9.17, 15) is 9.59 Å². The Kier molecular flexibility index (Phi) is 4.39. The van der Waals surface area contributed by atoms with Gasteiger partial charge in [-0.1, -0.05) is 12.1 Å². The van der Waals surface area contributed by atoms with E-state index in [1.165, 1.54) is 0 Å². The summed E-state index contributed by atoms with van der Waals surface area (Å²) in [6.07, 6.45) is 3.51. The number of likely N-dealkylation sites (N-methyl/N-ethyl adjacent to an activating group) is 1. The Labute approximate surface area is 154 Å². The number of benzene rings is 1. The predicted octanol–water partition coefficient (Wildman–Crippen LogP) is 1.62. The molecular formula is C20H27N3O3. The Morgan fingerprint density at radius 2 is 2.15 bits per heavy atom. The Hall–Kier alpha value is -2.08. The smallest absolute Gasteiger partial charge is 0.258 e. The molecule has 1 aliphatic heterocycles. The number of carbonyl (C=O) groups excluding carboxylic acids is 2. The van der Waals surface area contributed by atoms with Crippen molar-refractivity contribution in [3.63, 3.8) is 0 Å². The highest BCUT2D eigenvalue weighted by molar-refractivity contribution is 5.98. The summed E-state index contributed by atoms with van der Waals surface area (Å²) in [5, 5.41) is 6.21. The second-order valence-electron chi connectivity index (χ2n) is 8.12. The van der Waals surface area contributed by atoms with Gasteiger partial charge in [0.05, 0.1) is 5.56 Å². The van der Waals surface area contributed by atoms with Crippen LogP contribution in [-0.4, -0.2) is 49.6 Å². The molecule has 3 aliphatic carbocycles. The summed E-state index contributed by atoms with van der Waals surface area (Å²) >= 11 is 0. The molecule has 0 saturated heterocycles. The third-order valence-electron chi connectivity index (χ3n) is 6.16. The van der Waals surface area contributed by atoms with Crippen LogP contribution >= 0.6 is 0 Å². The highest BCUT2D eigenvalue weighted by Crippen LogP contribution is 2.52. The van der Waals surface area contributed by atoms with E-state index in [1.807, 2.05) is 32.3 Å². The molecule has 1 spiro atoms. The van der Waals surface area contributed by atoms with Gasteiger partial charge in [0.1, 0.15) is 5.75 Å². The maximum absolute atomic E-state index is 12.6. The zero-order chi connectivity index (χ0) is 18.3. The van der Waals surface area contributed by atoms with Gasteiger partial charge in [0.25, 0.3) is 5.91 Å². The van der Waals surface area contributed by atoms with Crippen molar-refractivity contribution in [2.24, 2.45) is 17.8 Å². The standard InChI is InChI=1S/C20H27N3O3/c1-23(2)10-9-21-18(24)16-11-14-8-7-13(16)12-20(14)22-19(25)15-5-3-4-6-17(15)26-20/h3-6,13-14,16H,7-12H2,1-2H3,(H,21,24)(H,22,25)/t13-,14+,16+,20-/m0/s1. The van der Waals surface area contributed by atoms with Crippen LogP contribution in [0.4, 0.5) is 0 Å². The first kappa shape index (κ1) is 17.3. The van der Waals surface area contributed by atoms with Crippen molar-refractivity contribution in [2.45, 2.75) is 31.4 Å². The molecule has 3 saturated carbocycles. The van der Waals surface area contributed by atoms with E-state index >= 15 is 0 Å². The van der Waals surface area contributed by atoms with Crippen molar-refractivity contribution >= 4 is 11.8 Å². The molecule has 3 fully saturated rings. The Morgan fingerprint density at radius 3 is 2.88 bits per heavy atom.